The number of aromatic nitrogens is 3. The summed E-state index contributed by atoms with van der Waals surface area (Å²) >= 11 is 3.58. The van der Waals surface area contributed by atoms with Crippen LogP contribution in [-0.2, 0) is 6.54 Å². The van der Waals surface area contributed by atoms with E-state index in [4.69, 9.17) is 9.47 Å². The molecule has 0 bridgehead atoms. The van der Waals surface area contributed by atoms with Gasteiger partial charge in [-0.3, -0.25) is 4.40 Å². The number of rotatable bonds is 6. The lowest BCUT2D eigenvalue weighted by Gasteiger charge is -2.15. The highest BCUT2D eigenvalue weighted by atomic mass is 79.9. The zero-order valence-electron chi connectivity index (χ0n) is 13.8. The Labute approximate surface area is 148 Å². The molecule has 0 radical (unpaired) electrons. The number of hydrogen-bond donors (Lipinski definition) is 1. The van der Waals surface area contributed by atoms with Gasteiger partial charge in [0.2, 0.25) is 0 Å². The first-order valence-electron chi connectivity index (χ1n) is 7.57. The van der Waals surface area contributed by atoms with Gasteiger partial charge in [0.25, 0.3) is 0 Å². The largest absolute Gasteiger partial charge is 0.493 e. The molecule has 0 fully saturated rings. The van der Waals surface area contributed by atoms with E-state index in [1.54, 1.807) is 14.2 Å². The molecular weight excluding hydrogens is 372 g/mol. The Bertz CT molecular complexity index is 850. The topological polar surface area (TPSA) is 60.7 Å². The lowest BCUT2D eigenvalue weighted by molar-refractivity contribution is 0.354. The minimum atomic E-state index is 0.0439. The van der Waals surface area contributed by atoms with Crippen molar-refractivity contribution in [1.82, 2.24) is 19.9 Å². The minimum Gasteiger partial charge on any atom is -0.493 e. The highest BCUT2D eigenvalue weighted by molar-refractivity contribution is 9.10. The Kier molecular flexibility index (Phi) is 5.01. The maximum Gasteiger partial charge on any atom is 0.161 e. The van der Waals surface area contributed by atoms with Crippen molar-refractivity contribution in [2.75, 3.05) is 14.2 Å². The second-order valence-corrected chi connectivity index (χ2v) is 6.24. The molecule has 0 amide bonds. The number of benzene rings is 1. The molecule has 1 aromatic carbocycles. The van der Waals surface area contributed by atoms with Gasteiger partial charge in [0.15, 0.2) is 23.0 Å². The van der Waals surface area contributed by atoms with Crippen LogP contribution in [-0.4, -0.2) is 28.8 Å². The minimum absolute atomic E-state index is 0.0439. The molecule has 126 valence electrons. The predicted molar refractivity (Wildman–Crippen MR) is 95.5 cm³/mol. The number of methoxy groups -OCH3 is 2. The molecule has 0 unspecified atom stereocenters. The van der Waals surface area contributed by atoms with E-state index in [2.05, 4.69) is 38.4 Å². The van der Waals surface area contributed by atoms with Crippen molar-refractivity contribution >= 4 is 21.6 Å². The standard InChI is InChI=1S/C17H19BrN4O2/c1-11(17-21-20-16-6-4-5-7-22(16)17)19-10-12-8-14(23-2)15(24-3)9-13(12)18/h4-9,11,19H,10H2,1-3H3/t11-/m1/s1. The van der Waals surface area contributed by atoms with Crippen LogP contribution < -0.4 is 14.8 Å². The van der Waals surface area contributed by atoms with Gasteiger partial charge in [-0.15, -0.1) is 10.2 Å². The Hall–Kier alpha value is -2.12. The maximum atomic E-state index is 5.37. The number of nitrogens with zero attached hydrogens (tertiary/aromatic N) is 3. The summed E-state index contributed by atoms with van der Waals surface area (Å²) in [4.78, 5) is 0. The van der Waals surface area contributed by atoms with Gasteiger partial charge < -0.3 is 14.8 Å². The summed E-state index contributed by atoms with van der Waals surface area (Å²) in [6.07, 6.45) is 1.97. The third-order valence-corrected chi connectivity index (χ3v) is 4.62. The molecule has 1 atom stereocenters. The highest BCUT2D eigenvalue weighted by Gasteiger charge is 2.14. The van der Waals surface area contributed by atoms with Crippen LogP contribution in [0.2, 0.25) is 0 Å². The molecule has 2 aromatic heterocycles. The SMILES string of the molecule is COc1cc(Br)c(CN[C@H](C)c2nnc3ccccn23)cc1OC. The van der Waals surface area contributed by atoms with Gasteiger partial charge in [0, 0.05) is 17.2 Å². The molecule has 0 aliphatic rings. The summed E-state index contributed by atoms with van der Waals surface area (Å²) in [6.45, 7) is 2.72. The molecule has 0 spiro atoms. The molecule has 0 aliphatic heterocycles. The van der Waals surface area contributed by atoms with Crippen LogP contribution in [0.3, 0.4) is 0 Å². The molecular formula is C17H19BrN4O2. The molecule has 24 heavy (non-hydrogen) atoms. The fourth-order valence-corrected chi connectivity index (χ4v) is 3.00. The molecule has 0 aliphatic carbocycles. The molecule has 1 N–H and O–H groups in total. The van der Waals surface area contributed by atoms with Crippen LogP contribution in [0.25, 0.3) is 5.65 Å². The van der Waals surface area contributed by atoms with Crippen molar-refractivity contribution in [1.29, 1.82) is 0 Å². The summed E-state index contributed by atoms with van der Waals surface area (Å²) in [6, 6.07) is 9.78. The zero-order valence-corrected chi connectivity index (χ0v) is 15.4. The monoisotopic (exact) mass is 390 g/mol. The van der Waals surface area contributed by atoms with Crippen LogP contribution >= 0.6 is 15.9 Å². The van der Waals surface area contributed by atoms with Crippen LogP contribution in [0.4, 0.5) is 0 Å². The molecule has 3 aromatic rings. The predicted octanol–water partition coefficient (Wildman–Crippen LogP) is 3.36. The van der Waals surface area contributed by atoms with Crippen molar-refractivity contribution in [2.45, 2.75) is 19.5 Å². The van der Waals surface area contributed by atoms with Crippen LogP contribution in [0.1, 0.15) is 24.4 Å². The summed E-state index contributed by atoms with van der Waals surface area (Å²) in [7, 11) is 3.26. The Balaban J connectivity index is 1.78. The summed E-state index contributed by atoms with van der Waals surface area (Å²) in [5.41, 5.74) is 1.92. The summed E-state index contributed by atoms with van der Waals surface area (Å²) in [5, 5.41) is 11.9. The van der Waals surface area contributed by atoms with E-state index in [1.807, 2.05) is 40.9 Å². The van der Waals surface area contributed by atoms with Crippen molar-refractivity contribution in [3.63, 3.8) is 0 Å². The van der Waals surface area contributed by atoms with Gasteiger partial charge in [0.1, 0.15) is 0 Å². The van der Waals surface area contributed by atoms with Gasteiger partial charge in [0.05, 0.1) is 20.3 Å². The third-order valence-electron chi connectivity index (χ3n) is 3.88. The molecule has 0 saturated carbocycles. The van der Waals surface area contributed by atoms with E-state index in [0.29, 0.717) is 18.0 Å². The fourth-order valence-electron chi connectivity index (χ4n) is 2.54. The Morgan fingerprint density at radius 3 is 2.67 bits per heavy atom. The van der Waals surface area contributed by atoms with Crippen molar-refractivity contribution in [3.8, 4) is 11.5 Å². The van der Waals surface area contributed by atoms with E-state index in [1.165, 1.54) is 0 Å². The molecule has 2 heterocycles. The number of pyridine rings is 1. The van der Waals surface area contributed by atoms with Crippen molar-refractivity contribution in [3.05, 3.63) is 52.4 Å². The number of fused-ring (bicyclic) bond motifs is 1. The number of nitrogens with one attached hydrogen (secondary N) is 1. The van der Waals surface area contributed by atoms with Crippen LogP contribution in [0.15, 0.2) is 41.0 Å². The van der Waals surface area contributed by atoms with E-state index >= 15 is 0 Å². The van der Waals surface area contributed by atoms with Gasteiger partial charge in [-0.2, -0.15) is 0 Å². The van der Waals surface area contributed by atoms with Crippen LogP contribution in [0, 0.1) is 0 Å². The number of halogens is 1. The summed E-state index contributed by atoms with van der Waals surface area (Å²) in [5.74, 6) is 2.28. The van der Waals surface area contributed by atoms with E-state index in [0.717, 1.165) is 21.5 Å². The smallest absolute Gasteiger partial charge is 0.161 e. The van der Waals surface area contributed by atoms with E-state index < -0.39 is 0 Å². The number of ether oxygens (including phenoxy) is 2. The van der Waals surface area contributed by atoms with Crippen LogP contribution in [0.5, 0.6) is 11.5 Å². The third kappa shape index (κ3) is 3.22. The first-order chi connectivity index (χ1) is 11.6. The van der Waals surface area contributed by atoms with Crippen molar-refractivity contribution in [2.24, 2.45) is 0 Å². The average Bonchev–Trinajstić information content (AvgIpc) is 3.04. The fraction of sp³-hybridized carbons (Fsp3) is 0.294. The Morgan fingerprint density at radius 1 is 1.17 bits per heavy atom. The van der Waals surface area contributed by atoms with Crippen molar-refractivity contribution < 1.29 is 9.47 Å². The molecule has 0 saturated heterocycles. The maximum absolute atomic E-state index is 5.37. The second-order valence-electron chi connectivity index (χ2n) is 5.39. The first-order valence-corrected chi connectivity index (χ1v) is 8.36. The van der Waals surface area contributed by atoms with E-state index in [9.17, 15) is 0 Å². The first kappa shape index (κ1) is 16.7. The highest BCUT2D eigenvalue weighted by Crippen LogP contribution is 2.33. The van der Waals surface area contributed by atoms with E-state index in [-0.39, 0.29) is 6.04 Å². The lowest BCUT2D eigenvalue weighted by atomic mass is 10.2. The van der Waals surface area contributed by atoms with Gasteiger partial charge in [-0.1, -0.05) is 22.0 Å². The average molecular weight is 391 g/mol. The Morgan fingerprint density at radius 2 is 1.92 bits per heavy atom. The summed E-state index contributed by atoms with van der Waals surface area (Å²) < 4.78 is 13.6. The van der Waals surface area contributed by atoms with Gasteiger partial charge in [-0.25, -0.2) is 0 Å². The number of hydrogen-bond acceptors (Lipinski definition) is 5. The second kappa shape index (κ2) is 7.19. The lowest BCUT2D eigenvalue weighted by Crippen LogP contribution is -2.20. The molecule has 3 rings (SSSR count). The quantitative estimate of drug-likeness (QED) is 0.698. The molecule has 6 nitrogen and oxygen atoms in total. The van der Waals surface area contributed by atoms with Gasteiger partial charge >= 0.3 is 0 Å². The van der Waals surface area contributed by atoms with Gasteiger partial charge in [-0.05, 0) is 36.8 Å². The molecule has 7 heteroatoms. The normalized spacial score (nSPS) is 12.3. The zero-order chi connectivity index (χ0) is 17.1.